The van der Waals surface area contributed by atoms with E-state index >= 15 is 0 Å². The summed E-state index contributed by atoms with van der Waals surface area (Å²) in [4.78, 5) is 11.9. The Balaban J connectivity index is 2.00. The van der Waals surface area contributed by atoms with E-state index in [4.69, 9.17) is 14.7 Å². The van der Waals surface area contributed by atoms with Crippen LogP contribution in [0.25, 0.3) is 0 Å². The molecule has 0 aliphatic heterocycles. The maximum atomic E-state index is 11.9. The maximum Gasteiger partial charge on any atom is 0.343 e. The molecule has 0 amide bonds. The lowest BCUT2D eigenvalue weighted by atomic mass is 10.1. The summed E-state index contributed by atoms with van der Waals surface area (Å²) in [6.45, 7) is 0.657. The van der Waals surface area contributed by atoms with Crippen molar-refractivity contribution in [3.05, 3.63) is 65.2 Å². The molecule has 0 saturated heterocycles. The zero-order valence-electron chi connectivity index (χ0n) is 11.7. The van der Waals surface area contributed by atoms with Crippen LogP contribution in [0.5, 0.6) is 5.75 Å². The smallest absolute Gasteiger partial charge is 0.343 e. The fourth-order valence-electron chi connectivity index (χ4n) is 1.79. The maximum absolute atomic E-state index is 11.9. The van der Waals surface area contributed by atoms with E-state index in [1.165, 1.54) is 0 Å². The number of rotatable bonds is 5. The second kappa shape index (κ2) is 7.22. The molecular formula is C17H15NO3. The van der Waals surface area contributed by atoms with Gasteiger partial charge in [0.2, 0.25) is 0 Å². The topological polar surface area (TPSA) is 59.3 Å². The molecule has 0 saturated carbocycles. The molecule has 0 unspecified atom stereocenters. The minimum absolute atomic E-state index is 0.414. The first kappa shape index (κ1) is 14.8. The van der Waals surface area contributed by atoms with Gasteiger partial charge in [0.25, 0.3) is 0 Å². The molecule has 106 valence electrons. The lowest BCUT2D eigenvalue weighted by Gasteiger charge is -2.06. The predicted octanol–water partition coefficient (Wildman–Crippen LogP) is 2.97. The first-order valence-electron chi connectivity index (χ1n) is 6.53. The fraction of sp³-hybridized carbons (Fsp3) is 0.176. The van der Waals surface area contributed by atoms with Gasteiger partial charge in [0, 0.05) is 7.11 Å². The third-order valence-electron chi connectivity index (χ3n) is 2.98. The van der Waals surface area contributed by atoms with E-state index in [9.17, 15) is 4.79 Å². The van der Waals surface area contributed by atoms with E-state index in [0.29, 0.717) is 23.5 Å². The number of esters is 1. The van der Waals surface area contributed by atoms with Crippen LogP contribution in [0.4, 0.5) is 0 Å². The highest BCUT2D eigenvalue weighted by Gasteiger charge is 2.08. The van der Waals surface area contributed by atoms with Crippen LogP contribution in [-0.4, -0.2) is 19.7 Å². The molecule has 0 N–H and O–H groups in total. The van der Waals surface area contributed by atoms with Crippen LogP contribution in [0.2, 0.25) is 0 Å². The highest BCUT2D eigenvalue weighted by Crippen LogP contribution is 2.15. The van der Waals surface area contributed by atoms with Crippen LogP contribution in [0.1, 0.15) is 21.5 Å². The summed E-state index contributed by atoms with van der Waals surface area (Å²) >= 11 is 0. The van der Waals surface area contributed by atoms with E-state index in [1.807, 2.05) is 18.2 Å². The molecule has 0 aliphatic rings. The van der Waals surface area contributed by atoms with Crippen LogP contribution < -0.4 is 4.74 Å². The molecule has 21 heavy (non-hydrogen) atoms. The van der Waals surface area contributed by atoms with Crippen LogP contribution in [0.15, 0.2) is 48.5 Å². The molecular weight excluding hydrogens is 266 g/mol. The van der Waals surface area contributed by atoms with Gasteiger partial charge in [-0.3, -0.25) is 0 Å². The van der Waals surface area contributed by atoms with Gasteiger partial charge in [0.1, 0.15) is 5.75 Å². The molecule has 0 aromatic heterocycles. The van der Waals surface area contributed by atoms with Gasteiger partial charge in [-0.25, -0.2) is 4.79 Å². The second-order valence-electron chi connectivity index (χ2n) is 4.47. The van der Waals surface area contributed by atoms with Crippen LogP contribution in [0, 0.1) is 11.3 Å². The zero-order valence-corrected chi connectivity index (χ0v) is 11.7. The van der Waals surface area contributed by atoms with E-state index in [2.05, 4.69) is 0 Å². The molecule has 4 nitrogen and oxygen atoms in total. The molecule has 0 fully saturated rings. The summed E-state index contributed by atoms with van der Waals surface area (Å²) in [5, 5.41) is 8.71. The lowest BCUT2D eigenvalue weighted by Crippen LogP contribution is -2.08. The van der Waals surface area contributed by atoms with Gasteiger partial charge in [0.05, 0.1) is 23.8 Å². The Kier molecular flexibility index (Phi) is 5.08. The minimum Gasteiger partial charge on any atom is -0.423 e. The summed E-state index contributed by atoms with van der Waals surface area (Å²) < 4.78 is 10.3. The monoisotopic (exact) mass is 281 g/mol. The van der Waals surface area contributed by atoms with Crippen molar-refractivity contribution >= 4 is 5.97 Å². The zero-order chi connectivity index (χ0) is 15.1. The molecule has 2 aromatic carbocycles. The summed E-state index contributed by atoms with van der Waals surface area (Å²) in [7, 11) is 1.66. The number of carbonyl (C=O) groups excluding carboxylic acids is 1. The van der Waals surface area contributed by atoms with Crippen molar-refractivity contribution in [3.63, 3.8) is 0 Å². The quantitative estimate of drug-likeness (QED) is 0.624. The number of carbonyl (C=O) groups is 1. The number of nitrogens with zero attached hydrogens (tertiary/aromatic N) is 1. The fourth-order valence-corrected chi connectivity index (χ4v) is 1.79. The lowest BCUT2D eigenvalue weighted by molar-refractivity contribution is 0.0734. The first-order valence-corrected chi connectivity index (χ1v) is 6.53. The molecule has 0 spiro atoms. The van der Waals surface area contributed by atoms with Crippen molar-refractivity contribution < 1.29 is 14.3 Å². The van der Waals surface area contributed by atoms with Crippen LogP contribution >= 0.6 is 0 Å². The SMILES string of the molecule is COCCc1ccc(OC(=O)c2ccc(C#N)cc2)cc1. The summed E-state index contributed by atoms with van der Waals surface area (Å²) in [6, 6.07) is 15.7. The normalized spacial score (nSPS) is 9.90. The molecule has 4 heteroatoms. The standard InChI is InChI=1S/C17H15NO3/c1-20-11-10-13-4-8-16(9-5-13)21-17(19)15-6-2-14(12-18)3-7-15/h2-9H,10-11H2,1H3. The molecule has 2 rings (SSSR count). The Labute approximate surface area is 123 Å². The average molecular weight is 281 g/mol. The summed E-state index contributed by atoms with van der Waals surface area (Å²) in [5.74, 6) is 0.0506. The average Bonchev–Trinajstić information content (AvgIpc) is 2.54. The first-order chi connectivity index (χ1) is 10.2. The van der Waals surface area contributed by atoms with E-state index < -0.39 is 5.97 Å². The Bertz CT molecular complexity index is 639. The summed E-state index contributed by atoms with van der Waals surface area (Å²) in [6.07, 6.45) is 0.820. The molecule has 0 heterocycles. The molecule has 0 atom stereocenters. The van der Waals surface area contributed by atoms with Crippen molar-refractivity contribution in [3.8, 4) is 11.8 Å². The van der Waals surface area contributed by atoms with Gasteiger partial charge < -0.3 is 9.47 Å². The van der Waals surface area contributed by atoms with Gasteiger partial charge in [-0.1, -0.05) is 12.1 Å². The van der Waals surface area contributed by atoms with Crippen LogP contribution in [0.3, 0.4) is 0 Å². The Morgan fingerprint density at radius 2 is 1.76 bits per heavy atom. The largest absolute Gasteiger partial charge is 0.423 e. The molecule has 2 aromatic rings. The Hall–Kier alpha value is -2.64. The summed E-state index contributed by atoms with van der Waals surface area (Å²) in [5.41, 5.74) is 2.04. The van der Waals surface area contributed by atoms with E-state index in [1.54, 1.807) is 43.5 Å². The van der Waals surface area contributed by atoms with Crippen LogP contribution in [-0.2, 0) is 11.2 Å². The molecule has 0 radical (unpaired) electrons. The number of ether oxygens (including phenoxy) is 2. The Morgan fingerprint density at radius 1 is 1.10 bits per heavy atom. The van der Waals surface area contributed by atoms with E-state index in [-0.39, 0.29) is 0 Å². The highest BCUT2D eigenvalue weighted by atomic mass is 16.5. The second-order valence-corrected chi connectivity index (χ2v) is 4.47. The van der Waals surface area contributed by atoms with Crippen molar-refractivity contribution in [2.75, 3.05) is 13.7 Å². The van der Waals surface area contributed by atoms with Crippen molar-refractivity contribution in [2.24, 2.45) is 0 Å². The molecule has 0 bridgehead atoms. The van der Waals surface area contributed by atoms with Gasteiger partial charge in [-0.15, -0.1) is 0 Å². The van der Waals surface area contributed by atoms with Gasteiger partial charge in [-0.05, 0) is 48.4 Å². The van der Waals surface area contributed by atoms with Crippen molar-refractivity contribution in [2.45, 2.75) is 6.42 Å². The third-order valence-corrected chi connectivity index (χ3v) is 2.98. The van der Waals surface area contributed by atoms with Crippen molar-refractivity contribution in [1.82, 2.24) is 0 Å². The van der Waals surface area contributed by atoms with Gasteiger partial charge in [0.15, 0.2) is 0 Å². The number of hydrogen-bond acceptors (Lipinski definition) is 4. The number of hydrogen-bond donors (Lipinski definition) is 0. The van der Waals surface area contributed by atoms with Crippen molar-refractivity contribution in [1.29, 1.82) is 5.26 Å². The van der Waals surface area contributed by atoms with E-state index in [0.717, 1.165) is 12.0 Å². The number of nitriles is 1. The predicted molar refractivity (Wildman–Crippen MR) is 78.1 cm³/mol. The highest BCUT2D eigenvalue weighted by molar-refractivity contribution is 5.91. The third kappa shape index (κ3) is 4.16. The van der Waals surface area contributed by atoms with Gasteiger partial charge in [-0.2, -0.15) is 5.26 Å². The van der Waals surface area contributed by atoms with Gasteiger partial charge >= 0.3 is 5.97 Å². The number of benzene rings is 2. The number of methoxy groups -OCH3 is 1. The Morgan fingerprint density at radius 3 is 2.33 bits per heavy atom. The molecule has 0 aliphatic carbocycles. The minimum atomic E-state index is -0.441.